The summed E-state index contributed by atoms with van der Waals surface area (Å²) in [7, 11) is 0. The lowest BCUT2D eigenvalue weighted by molar-refractivity contribution is -0.137. The van der Waals surface area contributed by atoms with Crippen LogP contribution in [0.4, 0.5) is 13.2 Å². The Kier molecular flexibility index (Phi) is 3.30. The standard InChI is InChI=1S/C15H10F3N/c1-10-5-7-11(8-6-10)14-12(9-19)3-2-4-13(14)15(16,17)18/h2-8H,1H3. The highest BCUT2D eigenvalue weighted by Crippen LogP contribution is 2.38. The Hall–Kier alpha value is -2.28. The van der Waals surface area contributed by atoms with Crippen molar-refractivity contribution < 1.29 is 13.2 Å². The zero-order valence-electron chi connectivity index (χ0n) is 10.1. The van der Waals surface area contributed by atoms with Gasteiger partial charge in [0.25, 0.3) is 0 Å². The number of benzene rings is 2. The van der Waals surface area contributed by atoms with E-state index in [0.29, 0.717) is 5.56 Å². The number of halogens is 3. The van der Waals surface area contributed by atoms with Crippen molar-refractivity contribution in [2.24, 2.45) is 0 Å². The average molecular weight is 261 g/mol. The summed E-state index contributed by atoms with van der Waals surface area (Å²) in [6.07, 6.45) is -4.48. The van der Waals surface area contributed by atoms with Gasteiger partial charge in [-0.05, 0) is 24.6 Å². The van der Waals surface area contributed by atoms with Gasteiger partial charge in [0.1, 0.15) is 0 Å². The van der Waals surface area contributed by atoms with Crippen LogP contribution >= 0.6 is 0 Å². The second-order valence-corrected chi connectivity index (χ2v) is 4.20. The molecule has 0 radical (unpaired) electrons. The van der Waals surface area contributed by atoms with E-state index in [-0.39, 0.29) is 11.1 Å². The lowest BCUT2D eigenvalue weighted by Crippen LogP contribution is -2.08. The highest BCUT2D eigenvalue weighted by molar-refractivity contribution is 5.74. The highest BCUT2D eigenvalue weighted by atomic mass is 19.4. The molecule has 0 unspecified atom stereocenters. The van der Waals surface area contributed by atoms with Crippen molar-refractivity contribution in [3.05, 3.63) is 59.2 Å². The smallest absolute Gasteiger partial charge is 0.192 e. The Morgan fingerprint density at radius 1 is 1.00 bits per heavy atom. The van der Waals surface area contributed by atoms with Crippen molar-refractivity contribution in [2.45, 2.75) is 13.1 Å². The Bertz CT molecular complexity index is 634. The molecule has 0 saturated carbocycles. The lowest BCUT2D eigenvalue weighted by Gasteiger charge is -2.14. The molecule has 19 heavy (non-hydrogen) atoms. The van der Waals surface area contributed by atoms with Gasteiger partial charge in [0.2, 0.25) is 0 Å². The Labute approximate surface area is 108 Å². The predicted molar refractivity (Wildman–Crippen MR) is 66.3 cm³/mol. The van der Waals surface area contributed by atoms with Crippen molar-refractivity contribution >= 4 is 0 Å². The summed E-state index contributed by atoms with van der Waals surface area (Å²) in [5, 5.41) is 9.01. The molecule has 0 aliphatic heterocycles. The zero-order valence-corrected chi connectivity index (χ0v) is 10.1. The van der Waals surface area contributed by atoms with Gasteiger partial charge in [-0.15, -0.1) is 0 Å². The summed E-state index contributed by atoms with van der Waals surface area (Å²) in [6.45, 7) is 1.85. The van der Waals surface area contributed by atoms with E-state index >= 15 is 0 Å². The quantitative estimate of drug-likeness (QED) is 0.738. The monoisotopic (exact) mass is 261 g/mol. The van der Waals surface area contributed by atoms with Crippen LogP contribution in [-0.4, -0.2) is 0 Å². The third kappa shape index (κ3) is 2.60. The fraction of sp³-hybridized carbons (Fsp3) is 0.133. The van der Waals surface area contributed by atoms with E-state index in [1.165, 1.54) is 12.1 Å². The zero-order chi connectivity index (χ0) is 14.0. The van der Waals surface area contributed by atoms with Crippen LogP contribution in [0.5, 0.6) is 0 Å². The van der Waals surface area contributed by atoms with Crippen LogP contribution < -0.4 is 0 Å². The van der Waals surface area contributed by atoms with Crippen molar-refractivity contribution in [1.29, 1.82) is 5.26 Å². The van der Waals surface area contributed by atoms with Crippen LogP contribution in [0.25, 0.3) is 11.1 Å². The lowest BCUT2D eigenvalue weighted by atomic mass is 9.94. The normalized spacial score (nSPS) is 11.1. The largest absolute Gasteiger partial charge is 0.417 e. The molecule has 0 atom stereocenters. The molecule has 2 aromatic carbocycles. The van der Waals surface area contributed by atoms with Gasteiger partial charge in [-0.3, -0.25) is 0 Å². The van der Waals surface area contributed by atoms with E-state index in [4.69, 9.17) is 5.26 Å². The third-order valence-corrected chi connectivity index (χ3v) is 2.83. The molecule has 0 bridgehead atoms. The van der Waals surface area contributed by atoms with Gasteiger partial charge in [0.15, 0.2) is 0 Å². The maximum absolute atomic E-state index is 13.0. The third-order valence-electron chi connectivity index (χ3n) is 2.83. The maximum Gasteiger partial charge on any atom is 0.417 e. The molecule has 2 rings (SSSR count). The number of aryl methyl sites for hydroxylation is 1. The number of nitrogens with zero attached hydrogens (tertiary/aromatic N) is 1. The van der Waals surface area contributed by atoms with E-state index in [1.54, 1.807) is 24.3 Å². The predicted octanol–water partition coefficient (Wildman–Crippen LogP) is 4.55. The second kappa shape index (κ2) is 4.77. The second-order valence-electron chi connectivity index (χ2n) is 4.20. The van der Waals surface area contributed by atoms with Crippen molar-refractivity contribution in [3.63, 3.8) is 0 Å². The summed E-state index contributed by atoms with van der Waals surface area (Å²) in [4.78, 5) is 0. The Morgan fingerprint density at radius 2 is 1.63 bits per heavy atom. The molecule has 0 aromatic heterocycles. The van der Waals surface area contributed by atoms with Crippen LogP contribution in [0.1, 0.15) is 16.7 Å². The molecule has 0 amide bonds. The summed E-state index contributed by atoms with van der Waals surface area (Å²) >= 11 is 0. The average Bonchev–Trinajstić information content (AvgIpc) is 2.38. The Morgan fingerprint density at radius 3 is 2.16 bits per heavy atom. The molecule has 0 fully saturated rings. The molecule has 0 aliphatic carbocycles. The molecule has 0 saturated heterocycles. The van der Waals surface area contributed by atoms with Gasteiger partial charge < -0.3 is 0 Å². The van der Waals surface area contributed by atoms with E-state index in [2.05, 4.69) is 0 Å². The topological polar surface area (TPSA) is 23.8 Å². The first kappa shape index (κ1) is 13.2. The molecule has 1 nitrogen and oxygen atoms in total. The summed E-state index contributed by atoms with van der Waals surface area (Å²) in [5.41, 5.74) is 0.536. The minimum atomic E-state index is -4.48. The van der Waals surface area contributed by atoms with Crippen LogP contribution in [0.2, 0.25) is 0 Å². The SMILES string of the molecule is Cc1ccc(-c2c(C#N)cccc2C(F)(F)F)cc1. The van der Waals surface area contributed by atoms with Crippen molar-refractivity contribution in [2.75, 3.05) is 0 Å². The van der Waals surface area contributed by atoms with Crippen LogP contribution in [-0.2, 0) is 6.18 Å². The molecular formula is C15H10F3N. The molecule has 2 aromatic rings. The van der Waals surface area contributed by atoms with Gasteiger partial charge in [-0.2, -0.15) is 18.4 Å². The summed E-state index contributed by atoms with van der Waals surface area (Å²) in [5.74, 6) is 0. The van der Waals surface area contributed by atoms with E-state index in [1.807, 2.05) is 13.0 Å². The first-order chi connectivity index (χ1) is 8.93. The first-order valence-electron chi connectivity index (χ1n) is 5.61. The minimum absolute atomic E-state index is 0.0266. The van der Waals surface area contributed by atoms with Crippen LogP contribution in [0, 0.1) is 18.3 Å². The number of hydrogen-bond donors (Lipinski definition) is 0. The fourth-order valence-corrected chi connectivity index (χ4v) is 1.91. The summed E-state index contributed by atoms with van der Waals surface area (Å²) in [6, 6.07) is 12.1. The molecular weight excluding hydrogens is 251 g/mol. The number of hydrogen-bond acceptors (Lipinski definition) is 1. The van der Waals surface area contributed by atoms with Crippen molar-refractivity contribution in [3.8, 4) is 17.2 Å². The molecule has 0 N–H and O–H groups in total. The highest BCUT2D eigenvalue weighted by Gasteiger charge is 2.34. The molecule has 0 spiro atoms. The number of rotatable bonds is 1. The first-order valence-corrected chi connectivity index (χ1v) is 5.61. The minimum Gasteiger partial charge on any atom is -0.192 e. The summed E-state index contributed by atoms with van der Waals surface area (Å²) < 4.78 is 39.1. The van der Waals surface area contributed by atoms with Gasteiger partial charge >= 0.3 is 6.18 Å². The molecule has 0 aliphatic rings. The molecule has 4 heteroatoms. The van der Waals surface area contributed by atoms with Crippen LogP contribution in [0.3, 0.4) is 0 Å². The van der Waals surface area contributed by atoms with Gasteiger partial charge in [0, 0.05) is 5.56 Å². The van der Waals surface area contributed by atoms with E-state index in [0.717, 1.165) is 11.6 Å². The van der Waals surface area contributed by atoms with Gasteiger partial charge in [0.05, 0.1) is 17.2 Å². The van der Waals surface area contributed by atoms with Gasteiger partial charge in [-0.1, -0.05) is 35.9 Å². The van der Waals surface area contributed by atoms with E-state index in [9.17, 15) is 13.2 Å². The maximum atomic E-state index is 13.0. The Balaban J connectivity index is 2.73. The van der Waals surface area contributed by atoms with Crippen LogP contribution in [0.15, 0.2) is 42.5 Å². The van der Waals surface area contributed by atoms with Gasteiger partial charge in [-0.25, -0.2) is 0 Å². The number of alkyl halides is 3. The molecule has 0 heterocycles. The van der Waals surface area contributed by atoms with E-state index < -0.39 is 11.7 Å². The fourth-order valence-electron chi connectivity index (χ4n) is 1.91. The number of nitriles is 1. The molecule has 96 valence electrons. The van der Waals surface area contributed by atoms with Crippen molar-refractivity contribution in [1.82, 2.24) is 0 Å².